The molecule has 30 heavy (non-hydrogen) atoms. The number of ether oxygens (including phenoxy) is 1. The van der Waals surface area contributed by atoms with Crippen LogP contribution in [0.4, 0.5) is 5.69 Å². The van der Waals surface area contributed by atoms with Crippen LogP contribution in [0.5, 0.6) is 5.75 Å². The molecule has 0 heterocycles. The molecule has 2 fully saturated rings. The van der Waals surface area contributed by atoms with Gasteiger partial charge in [0.2, 0.25) is 0 Å². The Balaban J connectivity index is 1.51. The summed E-state index contributed by atoms with van der Waals surface area (Å²) in [6, 6.07) is 11.7. The van der Waals surface area contributed by atoms with Crippen LogP contribution in [0.15, 0.2) is 47.4 Å². The highest BCUT2D eigenvalue weighted by Gasteiger charge is 2.40. The minimum atomic E-state index is -3.72. The Bertz CT molecular complexity index is 1050. The lowest BCUT2D eigenvalue weighted by molar-refractivity contribution is 0.0923. The quantitative estimate of drug-likeness (QED) is 0.760. The van der Waals surface area contributed by atoms with Gasteiger partial charge in [0.25, 0.3) is 15.9 Å². The number of nitrogens with one attached hydrogen (secondary N) is 1. The summed E-state index contributed by atoms with van der Waals surface area (Å²) in [5, 5.41) is 3.19. The molecule has 2 aromatic rings. The van der Waals surface area contributed by atoms with Crippen molar-refractivity contribution in [2.24, 2.45) is 11.8 Å². The summed E-state index contributed by atoms with van der Waals surface area (Å²) in [6.07, 6.45) is 4.81. The van der Waals surface area contributed by atoms with Crippen molar-refractivity contribution in [2.75, 3.05) is 18.5 Å². The highest BCUT2D eigenvalue weighted by Crippen LogP contribution is 2.44. The van der Waals surface area contributed by atoms with Crippen LogP contribution in [-0.4, -0.2) is 34.5 Å². The van der Waals surface area contributed by atoms with Gasteiger partial charge in [-0.15, -0.1) is 0 Å². The number of benzene rings is 2. The third-order valence-electron chi connectivity index (χ3n) is 6.57. The predicted octanol–water partition coefficient (Wildman–Crippen LogP) is 3.75. The van der Waals surface area contributed by atoms with E-state index in [0.717, 1.165) is 17.9 Å². The Morgan fingerprint density at radius 3 is 2.40 bits per heavy atom. The number of hydrogen-bond donors (Lipinski definition) is 1. The van der Waals surface area contributed by atoms with Gasteiger partial charge in [0.15, 0.2) is 0 Å². The molecular weight excluding hydrogens is 400 g/mol. The third kappa shape index (κ3) is 3.78. The van der Waals surface area contributed by atoms with Gasteiger partial charge in [0.05, 0.1) is 17.7 Å². The number of hydrogen-bond acceptors (Lipinski definition) is 4. The van der Waals surface area contributed by atoms with E-state index in [9.17, 15) is 13.2 Å². The Morgan fingerprint density at radius 1 is 1.10 bits per heavy atom. The van der Waals surface area contributed by atoms with Crippen LogP contribution < -0.4 is 14.4 Å². The van der Waals surface area contributed by atoms with Crippen LogP contribution in [0.25, 0.3) is 0 Å². The van der Waals surface area contributed by atoms with E-state index in [-0.39, 0.29) is 16.8 Å². The molecule has 0 aromatic heterocycles. The van der Waals surface area contributed by atoms with Crippen molar-refractivity contribution in [3.05, 3.63) is 53.6 Å². The van der Waals surface area contributed by atoms with Gasteiger partial charge < -0.3 is 10.1 Å². The van der Waals surface area contributed by atoms with E-state index in [1.807, 2.05) is 6.92 Å². The Morgan fingerprint density at radius 2 is 1.83 bits per heavy atom. The van der Waals surface area contributed by atoms with E-state index >= 15 is 0 Å². The van der Waals surface area contributed by atoms with Crippen molar-refractivity contribution in [3.63, 3.8) is 0 Å². The minimum absolute atomic E-state index is 0.0807. The smallest absolute Gasteiger partial charge is 0.264 e. The van der Waals surface area contributed by atoms with Crippen molar-refractivity contribution in [1.82, 2.24) is 5.32 Å². The standard InChI is InChI=1S/C23H28N2O4S/c1-15-12-18(23(26)24-21-14-16-4-5-17(21)13-16)6-11-22(15)25(2)30(27,28)20-9-7-19(29-3)8-10-20/h6-12,16-17,21H,4-5,13-14H2,1-3H3,(H,24,26)/t16-,17-,21-/m1/s1. The fraction of sp³-hybridized carbons (Fsp3) is 0.435. The fourth-order valence-corrected chi connectivity index (χ4v) is 6.12. The summed E-state index contributed by atoms with van der Waals surface area (Å²) >= 11 is 0. The summed E-state index contributed by atoms with van der Waals surface area (Å²) < 4.78 is 32.4. The maximum absolute atomic E-state index is 13.0. The molecule has 1 N–H and O–H groups in total. The summed E-state index contributed by atoms with van der Waals surface area (Å²) in [5.74, 6) is 1.89. The summed E-state index contributed by atoms with van der Waals surface area (Å²) in [6.45, 7) is 1.82. The molecule has 3 atom stereocenters. The Kier molecular flexibility index (Phi) is 5.49. The number of aryl methyl sites for hydroxylation is 1. The van der Waals surface area contributed by atoms with Crippen LogP contribution in [0.1, 0.15) is 41.6 Å². The number of methoxy groups -OCH3 is 1. The van der Waals surface area contributed by atoms with E-state index in [4.69, 9.17) is 4.74 Å². The lowest BCUT2D eigenvalue weighted by Crippen LogP contribution is -2.38. The number of anilines is 1. The van der Waals surface area contributed by atoms with E-state index in [0.29, 0.717) is 22.9 Å². The van der Waals surface area contributed by atoms with Gasteiger partial charge in [0, 0.05) is 18.7 Å². The Hall–Kier alpha value is -2.54. The first kappa shape index (κ1) is 20.7. The van der Waals surface area contributed by atoms with Gasteiger partial charge in [-0.3, -0.25) is 9.10 Å². The summed E-state index contributed by atoms with van der Waals surface area (Å²) in [5.41, 5.74) is 1.84. The molecular formula is C23H28N2O4S. The highest BCUT2D eigenvalue weighted by atomic mass is 32.2. The molecule has 2 aliphatic rings. The van der Waals surface area contributed by atoms with Crippen LogP contribution >= 0.6 is 0 Å². The van der Waals surface area contributed by atoms with E-state index in [1.165, 1.54) is 49.9 Å². The molecule has 2 aliphatic carbocycles. The maximum atomic E-state index is 13.0. The minimum Gasteiger partial charge on any atom is -0.497 e. The fourth-order valence-electron chi connectivity index (χ4n) is 4.86. The molecule has 160 valence electrons. The Labute approximate surface area is 178 Å². The second-order valence-corrected chi connectivity index (χ2v) is 10.4. The zero-order valence-corrected chi connectivity index (χ0v) is 18.4. The van der Waals surface area contributed by atoms with Crippen molar-refractivity contribution in [2.45, 2.75) is 43.5 Å². The summed E-state index contributed by atoms with van der Waals surface area (Å²) in [4.78, 5) is 12.9. The molecule has 2 saturated carbocycles. The first-order valence-corrected chi connectivity index (χ1v) is 11.8. The average Bonchev–Trinajstić information content (AvgIpc) is 3.36. The van der Waals surface area contributed by atoms with Crippen LogP contribution in [0.2, 0.25) is 0 Å². The van der Waals surface area contributed by atoms with Gasteiger partial charge in [-0.25, -0.2) is 8.42 Å². The van der Waals surface area contributed by atoms with Crippen molar-refractivity contribution >= 4 is 21.6 Å². The van der Waals surface area contributed by atoms with Gasteiger partial charge in [-0.05, 0) is 86.1 Å². The molecule has 2 aromatic carbocycles. The van der Waals surface area contributed by atoms with Gasteiger partial charge >= 0.3 is 0 Å². The van der Waals surface area contributed by atoms with Gasteiger partial charge in [0.1, 0.15) is 5.75 Å². The molecule has 7 heteroatoms. The zero-order valence-electron chi connectivity index (χ0n) is 17.6. The van der Waals surface area contributed by atoms with Crippen LogP contribution in [0.3, 0.4) is 0 Å². The second-order valence-electron chi connectivity index (χ2n) is 8.40. The van der Waals surface area contributed by atoms with Gasteiger partial charge in [-0.2, -0.15) is 0 Å². The monoisotopic (exact) mass is 428 g/mol. The third-order valence-corrected chi connectivity index (χ3v) is 8.36. The van der Waals surface area contributed by atoms with Crippen molar-refractivity contribution in [1.29, 1.82) is 0 Å². The van der Waals surface area contributed by atoms with E-state index in [1.54, 1.807) is 30.3 Å². The number of nitrogens with zero attached hydrogens (tertiary/aromatic N) is 1. The first-order chi connectivity index (χ1) is 14.3. The normalized spacial score (nSPS) is 22.7. The molecule has 0 saturated heterocycles. The first-order valence-electron chi connectivity index (χ1n) is 10.3. The summed E-state index contributed by atoms with van der Waals surface area (Å²) in [7, 11) is -0.659. The molecule has 2 bridgehead atoms. The number of fused-ring (bicyclic) bond motifs is 2. The maximum Gasteiger partial charge on any atom is 0.264 e. The van der Waals surface area contributed by atoms with E-state index in [2.05, 4.69) is 5.32 Å². The number of rotatable bonds is 6. The van der Waals surface area contributed by atoms with Crippen LogP contribution in [0, 0.1) is 18.8 Å². The topological polar surface area (TPSA) is 75.7 Å². The molecule has 0 unspecified atom stereocenters. The molecule has 4 rings (SSSR count). The number of carbonyl (C=O) groups excluding carboxylic acids is 1. The largest absolute Gasteiger partial charge is 0.497 e. The highest BCUT2D eigenvalue weighted by molar-refractivity contribution is 7.92. The second kappa shape index (κ2) is 7.95. The lowest BCUT2D eigenvalue weighted by Gasteiger charge is -2.24. The van der Waals surface area contributed by atoms with Crippen molar-refractivity contribution in [3.8, 4) is 5.75 Å². The lowest BCUT2D eigenvalue weighted by atomic mass is 9.95. The zero-order chi connectivity index (χ0) is 21.5. The SMILES string of the molecule is COc1ccc(S(=O)(=O)N(C)c2ccc(C(=O)N[C@@H]3C[C@@H]4CC[C@@H]3C4)cc2C)cc1. The van der Waals surface area contributed by atoms with E-state index < -0.39 is 10.0 Å². The molecule has 0 radical (unpaired) electrons. The molecule has 0 spiro atoms. The number of amides is 1. The molecule has 0 aliphatic heterocycles. The molecule has 1 amide bonds. The number of carbonyl (C=O) groups is 1. The average molecular weight is 429 g/mol. The molecule has 6 nitrogen and oxygen atoms in total. The predicted molar refractivity (Wildman–Crippen MR) is 116 cm³/mol. The van der Waals surface area contributed by atoms with Gasteiger partial charge in [-0.1, -0.05) is 6.42 Å². The number of sulfonamides is 1. The van der Waals surface area contributed by atoms with Crippen LogP contribution in [-0.2, 0) is 10.0 Å². The van der Waals surface area contributed by atoms with Crippen molar-refractivity contribution < 1.29 is 17.9 Å².